The summed E-state index contributed by atoms with van der Waals surface area (Å²) in [5.74, 6) is -0.200. The summed E-state index contributed by atoms with van der Waals surface area (Å²) in [6.07, 6.45) is 69.9. The molecule has 0 aliphatic heterocycles. The van der Waals surface area contributed by atoms with Crippen LogP contribution in [0, 0.1) is 0 Å². The van der Waals surface area contributed by atoms with Crippen LogP contribution in [0.3, 0.4) is 0 Å². The number of nitrogens with zero attached hydrogens (tertiary/aromatic N) is 1. The molecule has 2 N–H and O–H groups in total. The number of unbranched alkanes of at least 4 members (excludes halogenated alkanes) is 44. The molecular weight excluding hydrogens is 912 g/mol. The molecule has 0 aromatic rings. The minimum Gasteiger partial charge on any atom is -0.756 e. The molecule has 0 bridgehead atoms. The number of hydrogen-bond acceptors (Lipinski definition) is 6. The minimum atomic E-state index is -4.60. The molecule has 0 aromatic heterocycles. The Morgan fingerprint density at radius 1 is 0.472 bits per heavy atom. The molecule has 0 aliphatic rings. The third-order valence-corrected chi connectivity index (χ3v) is 15.6. The highest BCUT2D eigenvalue weighted by atomic mass is 31.2. The van der Waals surface area contributed by atoms with E-state index in [4.69, 9.17) is 9.05 Å². The van der Waals surface area contributed by atoms with Crippen LogP contribution in [-0.4, -0.2) is 68.5 Å². The Bertz CT molecular complexity index is 1220. The van der Waals surface area contributed by atoms with Gasteiger partial charge < -0.3 is 28.8 Å². The lowest BCUT2D eigenvalue weighted by molar-refractivity contribution is -0.870. The van der Waals surface area contributed by atoms with E-state index in [-0.39, 0.29) is 19.1 Å². The largest absolute Gasteiger partial charge is 0.756 e. The smallest absolute Gasteiger partial charge is 0.268 e. The zero-order valence-electron chi connectivity index (χ0n) is 48.9. The van der Waals surface area contributed by atoms with Gasteiger partial charge in [-0.2, -0.15) is 0 Å². The first-order chi connectivity index (χ1) is 35.0. The highest BCUT2D eigenvalue weighted by Crippen LogP contribution is 2.38. The quantitative estimate of drug-likeness (QED) is 0.0272. The fraction of sp³-hybridized carbons (Fsp3) is 0.921. The molecule has 9 heteroatoms. The van der Waals surface area contributed by atoms with Crippen LogP contribution in [-0.2, 0) is 18.4 Å². The predicted molar refractivity (Wildman–Crippen MR) is 312 cm³/mol. The summed E-state index contributed by atoms with van der Waals surface area (Å²) in [4.78, 5) is 25.5. The summed E-state index contributed by atoms with van der Waals surface area (Å²) in [6, 6.07) is -0.901. The number of amides is 1. The van der Waals surface area contributed by atoms with Crippen LogP contribution in [0.25, 0.3) is 0 Å². The molecule has 0 aromatic carbocycles. The van der Waals surface area contributed by atoms with E-state index in [9.17, 15) is 19.4 Å². The van der Waals surface area contributed by atoms with Gasteiger partial charge in [0.05, 0.1) is 39.9 Å². The molecule has 0 radical (unpaired) electrons. The maximum absolute atomic E-state index is 13.0. The Balaban J connectivity index is 4.16. The summed E-state index contributed by atoms with van der Waals surface area (Å²) in [5.41, 5.74) is 0. The second-order valence-corrected chi connectivity index (χ2v) is 24.5. The number of rotatable bonds is 59. The third kappa shape index (κ3) is 56.7. The molecule has 8 nitrogen and oxygen atoms in total. The van der Waals surface area contributed by atoms with Crippen molar-refractivity contribution in [1.82, 2.24) is 5.32 Å². The van der Waals surface area contributed by atoms with Gasteiger partial charge in [-0.1, -0.05) is 308 Å². The molecule has 428 valence electrons. The normalized spacial score (nSPS) is 13.9. The van der Waals surface area contributed by atoms with Crippen molar-refractivity contribution in [2.24, 2.45) is 0 Å². The lowest BCUT2D eigenvalue weighted by atomic mass is 10.0. The van der Waals surface area contributed by atoms with Crippen molar-refractivity contribution < 1.29 is 32.9 Å². The molecule has 1 amide bonds. The van der Waals surface area contributed by atoms with E-state index in [0.29, 0.717) is 17.4 Å². The summed E-state index contributed by atoms with van der Waals surface area (Å²) >= 11 is 0. The average Bonchev–Trinajstić information content (AvgIpc) is 3.34. The second-order valence-electron chi connectivity index (χ2n) is 23.1. The van der Waals surface area contributed by atoms with Gasteiger partial charge in [0.25, 0.3) is 7.82 Å². The second kappa shape index (κ2) is 54.8. The van der Waals surface area contributed by atoms with Crippen molar-refractivity contribution in [3.05, 3.63) is 24.3 Å². The average molecular weight is 1040 g/mol. The first kappa shape index (κ1) is 71.0. The zero-order valence-corrected chi connectivity index (χ0v) is 49.8. The van der Waals surface area contributed by atoms with Crippen molar-refractivity contribution in [2.75, 3.05) is 40.9 Å². The van der Waals surface area contributed by atoms with Gasteiger partial charge in [-0.25, -0.2) is 0 Å². The molecule has 0 fully saturated rings. The molecule has 0 rings (SSSR count). The zero-order chi connectivity index (χ0) is 52.7. The molecule has 0 aliphatic carbocycles. The number of likely N-dealkylation sites (N-methyl/N-ethyl adjacent to an activating group) is 1. The summed E-state index contributed by atoms with van der Waals surface area (Å²) in [7, 11) is 1.26. The maximum Gasteiger partial charge on any atom is 0.268 e. The van der Waals surface area contributed by atoms with Crippen LogP contribution < -0.4 is 10.2 Å². The number of aliphatic hydroxyl groups is 1. The Morgan fingerprint density at radius 2 is 0.778 bits per heavy atom. The molecule has 0 saturated carbocycles. The fourth-order valence-electron chi connectivity index (χ4n) is 9.70. The van der Waals surface area contributed by atoms with Gasteiger partial charge in [-0.3, -0.25) is 9.36 Å². The van der Waals surface area contributed by atoms with Crippen LogP contribution in [0.4, 0.5) is 0 Å². The Hall–Kier alpha value is -1.02. The highest BCUT2D eigenvalue weighted by Gasteiger charge is 2.23. The fourth-order valence-corrected chi connectivity index (χ4v) is 10.4. The van der Waals surface area contributed by atoms with Gasteiger partial charge in [0.15, 0.2) is 0 Å². The first-order valence-corrected chi connectivity index (χ1v) is 33.2. The summed E-state index contributed by atoms with van der Waals surface area (Å²) in [6.45, 7) is 4.69. The Kier molecular flexibility index (Phi) is 54.0. The van der Waals surface area contributed by atoms with Gasteiger partial charge in [0.1, 0.15) is 13.2 Å². The van der Waals surface area contributed by atoms with E-state index in [2.05, 4.69) is 31.3 Å². The lowest BCUT2D eigenvalue weighted by Gasteiger charge is -2.29. The number of nitrogens with one attached hydrogen (secondary N) is 1. The molecular formula is C63H125N2O6P. The van der Waals surface area contributed by atoms with Crippen molar-refractivity contribution in [1.29, 1.82) is 0 Å². The summed E-state index contributed by atoms with van der Waals surface area (Å²) < 4.78 is 23.4. The number of carbonyl (C=O) groups is 1. The van der Waals surface area contributed by atoms with Gasteiger partial charge in [-0.15, -0.1) is 0 Å². The predicted octanol–water partition coefficient (Wildman–Crippen LogP) is 18.9. The van der Waals surface area contributed by atoms with Crippen LogP contribution in [0.2, 0.25) is 0 Å². The van der Waals surface area contributed by atoms with Crippen LogP contribution in [0.1, 0.15) is 322 Å². The van der Waals surface area contributed by atoms with Crippen molar-refractivity contribution in [3.8, 4) is 0 Å². The number of phosphoric ester groups is 1. The van der Waals surface area contributed by atoms with Crippen molar-refractivity contribution >= 4 is 13.7 Å². The molecule has 0 heterocycles. The first-order valence-electron chi connectivity index (χ1n) is 31.7. The van der Waals surface area contributed by atoms with E-state index in [1.165, 1.54) is 263 Å². The van der Waals surface area contributed by atoms with E-state index >= 15 is 0 Å². The number of aliphatic hydroxyl groups excluding tert-OH is 1. The lowest BCUT2D eigenvalue weighted by Crippen LogP contribution is -2.45. The van der Waals surface area contributed by atoms with Gasteiger partial charge >= 0.3 is 0 Å². The highest BCUT2D eigenvalue weighted by molar-refractivity contribution is 7.45. The van der Waals surface area contributed by atoms with Crippen molar-refractivity contribution in [3.63, 3.8) is 0 Å². The number of quaternary nitrogens is 1. The van der Waals surface area contributed by atoms with Gasteiger partial charge in [-0.05, 0) is 32.1 Å². The van der Waals surface area contributed by atoms with Crippen LogP contribution >= 0.6 is 7.82 Å². The van der Waals surface area contributed by atoms with E-state index in [1.54, 1.807) is 6.08 Å². The minimum absolute atomic E-state index is 0.00355. The third-order valence-electron chi connectivity index (χ3n) is 14.7. The number of phosphoric acid groups is 1. The van der Waals surface area contributed by atoms with E-state index in [1.807, 2.05) is 27.2 Å². The summed E-state index contributed by atoms with van der Waals surface area (Å²) in [5, 5.41) is 13.9. The standard InChI is InChI=1S/C63H125N2O6P/c1-6-8-10-12-14-16-18-20-22-24-26-28-30-31-32-33-35-36-38-40-42-44-46-48-50-52-54-56-62(66)61(60-71-72(68,69)70-59-58-65(3,4)5)64-63(67)57-55-53-51-49-47-45-43-41-39-37-34-29-27-25-23-21-19-17-15-13-11-9-7-2/h46,48,54,56,61-62,66H,6-45,47,49-53,55,57-60H2,1-5H3,(H-,64,67,68,69)/b48-46+,56-54+. The van der Waals surface area contributed by atoms with E-state index in [0.717, 1.165) is 38.5 Å². The molecule has 0 saturated heterocycles. The van der Waals surface area contributed by atoms with E-state index < -0.39 is 20.0 Å². The topological polar surface area (TPSA) is 108 Å². The van der Waals surface area contributed by atoms with Gasteiger partial charge in [0, 0.05) is 6.42 Å². The Labute approximate surface area is 449 Å². The van der Waals surface area contributed by atoms with Crippen LogP contribution in [0.5, 0.6) is 0 Å². The van der Waals surface area contributed by atoms with Crippen molar-refractivity contribution in [2.45, 2.75) is 334 Å². The maximum atomic E-state index is 13.0. The number of hydrogen-bond donors (Lipinski definition) is 2. The Morgan fingerprint density at radius 3 is 1.12 bits per heavy atom. The molecule has 3 atom stereocenters. The number of carbonyl (C=O) groups excluding carboxylic acids is 1. The number of allylic oxidation sites excluding steroid dienone is 3. The molecule has 72 heavy (non-hydrogen) atoms. The van der Waals surface area contributed by atoms with Gasteiger partial charge in [0.2, 0.25) is 5.91 Å². The monoisotopic (exact) mass is 1040 g/mol. The molecule has 0 spiro atoms. The SMILES string of the molecule is CCCCCCCCCCCCCCCCCCCCCCC/C=C/CC/C=C/C(O)C(COP(=O)([O-])OCC[N+](C)(C)C)NC(=O)CCCCCCCCCCCCCCCCCCCCCCCCC. The molecule has 3 unspecified atom stereocenters. The van der Waals surface area contributed by atoms with Crippen LogP contribution in [0.15, 0.2) is 24.3 Å².